The Balaban J connectivity index is 2.35. The SMILES string of the molecule is CCCC(=O)Nc1cc(Br)cn2cnnc12. The summed E-state index contributed by atoms with van der Waals surface area (Å²) in [5.41, 5.74) is 1.32. The predicted octanol–water partition coefficient (Wildman–Crippen LogP) is 2.23. The van der Waals surface area contributed by atoms with Gasteiger partial charge in [0.25, 0.3) is 0 Å². The van der Waals surface area contributed by atoms with E-state index in [1.807, 2.05) is 19.2 Å². The second kappa shape index (κ2) is 4.61. The van der Waals surface area contributed by atoms with Crippen LogP contribution >= 0.6 is 15.9 Å². The highest BCUT2D eigenvalue weighted by Crippen LogP contribution is 2.20. The molecule has 0 spiro atoms. The molecule has 0 aromatic carbocycles. The monoisotopic (exact) mass is 282 g/mol. The Morgan fingerprint density at radius 2 is 2.44 bits per heavy atom. The average Bonchev–Trinajstić information content (AvgIpc) is 2.65. The number of carbonyl (C=O) groups excluding carboxylic acids is 1. The molecule has 0 aliphatic rings. The molecule has 0 saturated heterocycles. The van der Waals surface area contributed by atoms with Crippen LogP contribution in [0.4, 0.5) is 5.69 Å². The van der Waals surface area contributed by atoms with E-state index in [0.29, 0.717) is 17.8 Å². The molecule has 0 aliphatic heterocycles. The Labute approximate surface area is 101 Å². The van der Waals surface area contributed by atoms with Gasteiger partial charge in [0.15, 0.2) is 5.65 Å². The van der Waals surface area contributed by atoms with Crippen molar-refractivity contribution in [3.05, 3.63) is 23.1 Å². The number of rotatable bonds is 3. The quantitative estimate of drug-likeness (QED) is 0.939. The fourth-order valence-electron chi connectivity index (χ4n) is 1.43. The van der Waals surface area contributed by atoms with Gasteiger partial charge in [-0.15, -0.1) is 10.2 Å². The third-order valence-electron chi connectivity index (χ3n) is 2.11. The van der Waals surface area contributed by atoms with E-state index >= 15 is 0 Å². The van der Waals surface area contributed by atoms with Gasteiger partial charge in [-0.3, -0.25) is 9.20 Å². The van der Waals surface area contributed by atoms with Crippen molar-refractivity contribution < 1.29 is 4.79 Å². The Morgan fingerprint density at radius 1 is 1.62 bits per heavy atom. The van der Waals surface area contributed by atoms with E-state index in [-0.39, 0.29) is 5.91 Å². The number of anilines is 1. The van der Waals surface area contributed by atoms with Crippen LogP contribution in [0.3, 0.4) is 0 Å². The highest BCUT2D eigenvalue weighted by atomic mass is 79.9. The lowest BCUT2D eigenvalue weighted by atomic mass is 10.3. The van der Waals surface area contributed by atoms with Gasteiger partial charge in [0.1, 0.15) is 6.33 Å². The van der Waals surface area contributed by atoms with Crippen LogP contribution in [0.1, 0.15) is 19.8 Å². The number of nitrogens with zero attached hydrogens (tertiary/aromatic N) is 3. The number of carbonyl (C=O) groups is 1. The highest BCUT2D eigenvalue weighted by Gasteiger charge is 2.08. The molecule has 5 nitrogen and oxygen atoms in total. The standard InChI is InChI=1S/C10H11BrN4O/c1-2-3-9(16)13-8-4-7(11)5-15-6-12-14-10(8)15/h4-6H,2-3H2,1H3,(H,13,16). The van der Waals surface area contributed by atoms with Crippen LogP contribution in [0.25, 0.3) is 5.65 Å². The van der Waals surface area contributed by atoms with Gasteiger partial charge in [-0.2, -0.15) is 0 Å². The number of aromatic nitrogens is 3. The zero-order valence-corrected chi connectivity index (χ0v) is 10.4. The van der Waals surface area contributed by atoms with Gasteiger partial charge in [0.05, 0.1) is 5.69 Å². The summed E-state index contributed by atoms with van der Waals surface area (Å²) in [6.45, 7) is 1.97. The average molecular weight is 283 g/mol. The molecule has 0 fully saturated rings. The normalized spacial score (nSPS) is 10.6. The van der Waals surface area contributed by atoms with Crippen molar-refractivity contribution >= 4 is 33.2 Å². The first-order valence-electron chi connectivity index (χ1n) is 4.99. The molecule has 0 unspecified atom stereocenters. The third-order valence-corrected chi connectivity index (χ3v) is 2.54. The summed E-state index contributed by atoms with van der Waals surface area (Å²) in [6.07, 6.45) is 4.76. The Bertz CT molecular complexity index is 523. The Hall–Kier alpha value is -1.43. The van der Waals surface area contributed by atoms with E-state index in [0.717, 1.165) is 10.9 Å². The van der Waals surface area contributed by atoms with Crippen LogP contribution in [0.5, 0.6) is 0 Å². The molecular weight excluding hydrogens is 272 g/mol. The fourth-order valence-corrected chi connectivity index (χ4v) is 1.88. The molecule has 6 heteroatoms. The van der Waals surface area contributed by atoms with Gasteiger partial charge in [0, 0.05) is 17.1 Å². The molecular formula is C10H11BrN4O. The molecule has 2 rings (SSSR count). The Kier molecular flexibility index (Phi) is 3.19. The van der Waals surface area contributed by atoms with Crippen molar-refractivity contribution in [1.82, 2.24) is 14.6 Å². The lowest BCUT2D eigenvalue weighted by molar-refractivity contribution is -0.116. The lowest BCUT2D eigenvalue weighted by Gasteiger charge is -2.06. The molecule has 1 amide bonds. The molecule has 16 heavy (non-hydrogen) atoms. The number of hydrogen-bond acceptors (Lipinski definition) is 3. The smallest absolute Gasteiger partial charge is 0.224 e. The molecule has 0 aliphatic carbocycles. The van der Waals surface area contributed by atoms with Crippen LogP contribution in [-0.4, -0.2) is 20.5 Å². The number of halogens is 1. The number of pyridine rings is 1. The summed E-state index contributed by atoms with van der Waals surface area (Å²) >= 11 is 3.37. The van der Waals surface area contributed by atoms with E-state index in [9.17, 15) is 4.79 Å². The number of nitrogens with one attached hydrogen (secondary N) is 1. The molecule has 2 heterocycles. The van der Waals surface area contributed by atoms with Crippen molar-refractivity contribution in [1.29, 1.82) is 0 Å². The van der Waals surface area contributed by atoms with Crippen LogP contribution in [0.2, 0.25) is 0 Å². The van der Waals surface area contributed by atoms with Crippen LogP contribution in [0.15, 0.2) is 23.1 Å². The maximum atomic E-state index is 11.5. The van der Waals surface area contributed by atoms with E-state index in [1.165, 1.54) is 0 Å². The van der Waals surface area contributed by atoms with E-state index < -0.39 is 0 Å². The molecule has 0 saturated carbocycles. The van der Waals surface area contributed by atoms with Gasteiger partial charge in [-0.25, -0.2) is 0 Å². The molecule has 2 aromatic heterocycles. The molecule has 0 radical (unpaired) electrons. The molecule has 84 valence electrons. The van der Waals surface area contributed by atoms with E-state index in [1.54, 1.807) is 10.7 Å². The van der Waals surface area contributed by atoms with Crippen molar-refractivity contribution in [2.75, 3.05) is 5.32 Å². The van der Waals surface area contributed by atoms with Gasteiger partial charge in [0.2, 0.25) is 5.91 Å². The summed E-state index contributed by atoms with van der Waals surface area (Å²) in [4.78, 5) is 11.5. The summed E-state index contributed by atoms with van der Waals surface area (Å²) in [5, 5.41) is 10.6. The first-order valence-corrected chi connectivity index (χ1v) is 5.78. The lowest BCUT2D eigenvalue weighted by Crippen LogP contribution is -2.11. The minimum atomic E-state index is -0.00880. The second-order valence-electron chi connectivity index (χ2n) is 3.43. The number of fused-ring (bicyclic) bond motifs is 1. The predicted molar refractivity (Wildman–Crippen MR) is 64.2 cm³/mol. The van der Waals surface area contributed by atoms with Crippen LogP contribution in [-0.2, 0) is 4.79 Å². The Morgan fingerprint density at radius 3 is 3.19 bits per heavy atom. The van der Waals surface area contributed by atoms with Gasteiger partial charge < -0.3 is 5.32 Å². The second-order valence-corrected chi connectivity index (χ2v) is 4.35. The summed E-state index contributed by atoms with van der Waals surface area (Å²) in [7, 11) is 0. The van der Waals surface area contributed by atoms with Gasteiger partial charge >= 0.3 is 0 Å². The van der Waals surface area contributed by atoms with Crippen LogP contribution in [0, 0.1) is 0 Å². The van der Waals surface area contributed by atoms with E-state index in [2.05, 4.69) is 31.4 Å². The maximum absolute atomic E-state index is 11.5. The molecule has 0 atom stereocenters. The van der Waals surface area contributed by atoms with Crippen LogP contribution < -0.4 is 5.32 Å². The fraction of sp³-hybridized carbons (Fsp3) is 0.300. The van der Waals surface area contributed by atoms with Gasteiger partial charge in [-0.05, 0) is 28.4 Å². The third kappa shape index (κ3) is 2.21. The molecule has 1 N–H and O–H groups in total. The van der Waals surface area contributed by atoms with Crippen molar-refractivity contribution in [2.45, 2.75) is 19.8 Å². The molecule has 2 aromatic rings. The van der Waals surface area contributed by atoms with Crippen molar-refractivity contribution in [3.8, 4) is 0 Å². The zero-order chi connectivity index (χ0) is 11.5. The number of amides is 1. The topological polar surface area (TPSA) is 59.3 Å². The van der Waals surface area contributed by atoms with E-state index in [4.69, 9.17) is 0 Å². The van der Waals surface area contributed by atoms with Gasteiger partial charge in [-0.1, -0.05) is 6.92 Å². The highest BCUT2D eigenvalue weighted by molar-refractivity contribution is 9.10. The summed E-state index contributed by atoms with van der Waals surface area (Å²) < 4.78 is 2.62. The van der Waals surface area contributed by atoms with Crippen molar-refractivity contribution in [3.63, 3.8) is 0 Å². The molecule has 0 bridgehead atoms. The minimum Gasteiger partial charge on any atom is -0.323 e. The van der Waals surface area contributed by atoms with Crippen molar-refractivity contribution in [2.24, 2.45) is 0 Å². The summed E-state index contributed by atoms with van der Waals surface area (Å²) in [6, 6.07) is 1.82. The first-order chi connectivity index (χ1) is 7.70. The minimum absolute atomic E-state index is 0.00880. The number of hydrogen-bond donors (Lipinski definition) is 1. The maximum Gasteiger partial charge on any atom is 0.224 e. The first kappa shape index (κ1) is 11.1. The zero-order valence-electron chi connectivity index (χ0n) is 8.77. The largest absolute Gasteiger partial charge is 0.323 e. The summed E-state index contributed by atoms with van der Waals surface area (Å²) in [5.74, 6) is -0.00880.